The fourth-order valence-electron chi connectivity index (χ4n) is 3.19. The van der Waals surface area contributed by atoms with E-state index in [4.69, 9.17) is 27.9 Å². The number of morpholine rings is 1. The molecule has 0 bridgehead atoms. The van der Waals surface area contributed by atoms with E-state index in [1.807, 2.05) is 0 Å². The second-order valence-corrected chi connectivity index (χ2v) is 9.91. The third-order valence-electron chi connectivity index (χ3n) is 4.66. The molecule has 4 rings (SSSR count). The first-order chi connectivity index (χ1) is 14.0. The molecule has 11 heteroatoms. The summed E-state index contributed by atoms with van der Waals surface area (Å²) in [6.07, 6.45) is 0.769. The topological polar surface area (TPSA) is 45.7 Å². The highest BCUT2D eigenvalue weighted by Gasteiger charge is 2.25. The molecule has 0 aliphatic carbocycles. The van der Waals surface area contributed by atoms with Crippen molar-refractivity contribution in [2.75, 3.05) is 44.3 Å². The number of ether oxygens (including phenoxy) is 1. The molecule has 1 amide bonds. The molecule has 3 aromatic rings. The van der Waals surface area contributed by atoms with Crippen molar-refractivity contribution >= 4 is 79.5 Å². The van der Waals surface area contributed by atoms with Crippen LogP contribution in [0.25, 0.3) is 10.2 Å². The number of halogens is 4. The minimum Gasteiger partial charge on any atom is -0.379 e. The summed E-state index contributed by atoms with van der Waals surface area (Å²) in [6.45, 7) is 4.57. The van der Waals surface area contributed by atoms with Crippen molar-refractivity contribution < 1.29 is 13.9 Å². The van der Waals surface area contributed by atoms with Gasteiger partial charge in [0.1, 0.15) is 10.2 Å². The maximum absolute atomic E-state index is 13.6. The van der Waals surface area contributed by atoms with Crippen molar-refractivity contribution in [1.82, 2.24) is 9.88 Å². The molecule has 2 aromatic heterocycles. The number of fused-ring (bicyclic) bond motifs is 1. The van der Waals surface area contributed by atoms with Crippen LogP contribution in [-0.2, 0) is 4.74 Å². The van der Waals surface area contributed by atoms with E-state index in [1.54, 1.807) is 17.0 Å². The lowest BCUT2D eigenvalue weighted by atomic mass is 10.2. The Morgan fingerprint density at radius 1 is 1.23 bits per heavy atom. The first kappa shape index (κ1) is 23.7. The number of aromatic nitrogens is 1. The number of nitrogens with zero attached hydrogens (tertiary/aromatic N) is 3. The number of benzene rings is 1. The van der Waals surface area contributed by atoms with Crippen LogP contribution < -0.4 is 4.90 Å². The van der Waals surface area contributed by atoms with Gasteiger partial charge in [-0.2, -0.15) is 0 Å². The maximum atomic E-state index is 13.6. The predicted octanol–water partition coefficient (Wildman–Crippen LogP) is 5.59. The van der Waals surface area contributed by atoms with Gasteiger partial charge in [-0.1, -0.05) is 34.5 Å². The van der Waals surface area contributed by atoms with Gasteiger partial charge < -0.3 is 4.74 Å². The quantitative estimate of drug-likeness (QED) is 0.433. The summed E-state index contributed by atoms with van der Waals surface area (Å²) in [7, 11) is 0. The normalized spacial score (nSPS) is 14.6. The van der Waals surface area contributed by atoms with Crippen LogP contribution in [0.15, 0.2) is 24.3 Å². The Morgan fingerprint density at radius 2 is 2.00 bits per heavy atom. The first-order valence-corrected chi connectivity index (χ1v) is 11.5. The Bertz CT molecular complexity index is 1020. The number of carbonyl (C=O) groups is 1. The molecule has 1 aromatic carbocycles. The van der Waals surface area contributed by atoms with Crippen molar-refractivity contribution in [2.24, 2.45) is 0 Å². The van der Waals surface area contributed by atoms with E-state index in [9.17, 15) is 9.18 Å². The molecular weight excluding hydrogens is 492 g/mol. The summed E-state index contributed by atoms with van der Waals surface area (Å²) in [5.74, 6) is -0.579. The zero-order valence-electron chi connectivity index (χ0n) is 15.8. The number of anilines is 1. The molecule has 30 heavy (non-hydrogen) atoms. The average Bonchev–Trinajstić information content (AvgIpc) is 3.27. The average molecular weight is 511 g/mol. The van der Waals surface area contributed by atoms with E-state index < -0.39 is 0 Å². The number of carbonyl (C=O) groups excluding carboxylic acids is 1. The number of thiazole rings is 1. The Kier molecular flexibility index (Phi) is 8.31. The van der Waals surface area contributed by atoms with Crippen molar-refractivity contribution in [3.8, 4) is 0 Å². The second-order valence-electron chi connectivity index (χ2n) is 6.61. The lowest BCUT2D eigenvalue weighted by Crippen LogP contribution is -2.39. The molecule has 1 aliphatic rings. The SMILES string of the molecule is Cl.O=C(c1cc(Cl)sc1Cl)N(CCCN1CCOCC1)c1nc2ccc(F)cc2s1. The number of amides is 1. The molecule has 1 aliphatic heterocycles. The number of hydrogen-bond donors (Lipinski definition) is 0. The third kappa shape index (κ3) is 5.43. The van der Waals surface area contributed by atoms with Crippen molar-refractivity contribution in [2.45, 2.75) is 6.42 Å². The van der Waals surface area contributed by atoms with Gasteiger partial charge in [-0.15, -0.1) is 23.7 Å². The highest BCUT2D eigenvalue weighted by Crippen LogP contribution is 2.35. The van der Waals surface area contributed by atoms with E-state index in [-0.39, 0.29) is 24.1 Å². The Labute approximate surface area is 197 Å². The molecule has 1 fully saturated rings. The molecular formula is C19H19Cl3FN3O2S2. The number of hydrogen-bond acceptors (Lipinski definition) is 6. The van der Waals surface area contributed by atoms with Crippen LogP contribution in [-0.4, -0.2) is 55.2 Å². The van der Waals surface area contributed by atoms with Crippen LogP contribution in [0.4, 0.5) is 9.52 Å². The molecule has 162 valence electrons. The van der Waals surface area contributed by atoms with E-state index in [1.165, 1.54) is 23.5 Å². The molecule has 3 heterocycles. The summed E-state index contributed by atoms with van der Waals surface area (Å²) in [6, 6.07) is 6.00. The van der Waals surface area contributed by atoms with Gasteiger partial charge in [-0.25, -0.2) is 9.37 Å². The summed E-state index contributed by atoms with van der Waals surface area (Å²) < 4.78 is 20.5. The molecule has 1 saturated heterocycles. The zero-order valence-corrected chi connectivity index (χ0v) is 19.7. The minimum atomic E-state index is -0.328. The van der Waals surface area contributed by atoms with Crippen LogP contribution in [0.5, 0.6) is 0 Å². The molecule has 0 spiro atoms. The molecule has 0 N–H and O–H groups in total. The van der Waals surface area contributed by atoms with Gasteiger partial charge >= 0.3 is 0 Å². The Balaban J connectivity index is 0.00000256. The summed E-state index contributed by atoms with van der Waals surface area (Å²) in [5.41, 5.74) is 1.02. The summed E-state index contributed by atoms with van der Waals surface area (Å²) in [5, 5.41) is 0.524. The van der Waals surface area contributed by atoms with Gasteiger partial charge in [0.25, 0.3) is 5.91 Å². The second kappa shape index (κ2) is 10.5. The molecule has 0 radical (unpaired) electrons. The maximum Gasteiger partial charge on any atom is 0.262 e. The van der Waals surface area contributed by atoms with Crippen LogP contribution in [0.2, 0.25) is 8.67 Å². The molecule has 0 atom stereocenters. The lowest BCUT2D eigenvalue weighted by molar-refractivity contribution is 0.0376. The van der Waals surface area contributed by atoms with Gasteiger partial charge in [0.05, 0.1) is 33.3 Å². The number of rotatable bonds is 6. The summed E-state index contributed by atoms with van der Waals surface area (Å²) >= 11 is 14.7. The standard InChI is InChI=1S/C19H18Cl2FN3O2S2.ClH/c20-16-11-13(17(21)29-16)18(26)25(5-1-4-24-6-8-27-9-7-24)19-23-14-3-2-12(22)10-15(14)28-19;/h2-3,10-11H,1,4-9H2;1H. The van der Waals surface area contributed by atoms with Gasteiger partial charge in [0.15, 0.2) is 5.13 Å². The van der Waals surface area contributed by atoms with Crippen molar-refractivity contribution in [1.29, 1.82) is 0 Å². The minimum absolute atomic E-state index is 0. The lowest BCUT2D eigenvalue weighted by Gasteiger charge is -2.27. The highest BCUT2D eigenvalue weighted by atomic mass is 35.5. The van der Waals surface area contributed by atoms with E-state index >= 15 is 0 Å². The summed E-state index contributed by atoms with van der Waals surface area (Å²) in [4.78, 5) is 21.7. The number of thiophene rings is 1. The fourth-order valence-corrected chi connectivity index (χ4v) is 5.66. The first-order valence-electron chi connectivity index (χ1n) is 9.14. The highest BCUT2D eigenvalue weighted by molar-refractivity contribution is 7.22. The smallest absolute Gasteiger partial charge is 0.262 e. The van der Waals surface area contributed by atoms with Crippen LogP contribution in [0.3, 0.4) is 0 Å². The molecule has 0 saturated carbocycles. The Hall–Kier alpha value is -1.00. The Morgan fingerprint density at radius 3 is 2.70 bits per heavy atom. The van der Waals surface area contributed by atoms with E-state index in [0.29, 0.717) is 36.1 Å². The molecule has 5 nitrogen and oxygen atoms in total. The predicted molar refractivity (Wildman–Crippen MR) is 125 cm³/mol. The third-order valence-corrected chi connectivity index (χ3v) is 7.19. The van der Waals surface area contributed by atoms with Crippen LogP contribution in [0.1, 0.15) is 16.8 Å². The van der Waals surface area contributed by atoms with Crippen molar-refractivity contribution in [3.63, 3.8) is 0 Å². The van der Waals surface area contributed by atoms with Gasteiger partial charge in [0, 0.05) is 26.2 Å². The van der Waals surface area contributed by atoms with Gasteiger partial charge in [-0.05, 0) is 30.7 Å². The van der Waals surface area contributed by atoms with Crippen LogP contribution >= 0.6 is 58.3 Å². The molecule has 0 unspecified atom stereocenters. The van der Waals surface area contributed by atoms with E-state index in [0.717, 1.165) is 50.6 Å². The zero-order chi connectivity index (χ0) is 20.4. The van der Waals surface area contributed by atoms with Gasteiger partial charge in [0.2, 0.25) is 0 Å². The monoisotopic (exact) mass is 509 g/mol. The van der Waals surface area contributed by atoms with Gasteiger partial charge in [-0.3, -0.25) is 14.6 Å². The van der Waals surface area contributed by atoms with E-state index in [2.05, 4.69) is 9.88 Å². The largest absolute Gasteiger partial charge is 0.379 e. The van der Waals surface area contributed by atoms with Crippen LogP contribution in [0, 0.1) is 5.82 Å². The fraction of sp³-hybridized carbons (Fsp3) is 0.368. The van der Waals surface area contributed by atoms with Crippen molar-refractivity contribution in [3.05, 3.63) is 44.3 Å².